The molecule has 0 bridgehead atoms. The van der Waals surface area contributed by atoms with Gasteiger partial charge in [0.1, 0.15) is 0 Å². The summed E-state index contributed by atoms with van der Waals surface area (Å²) in [7, 11) is 0. The molecule has 0 aromatic heterocycles. The summed E-state index contributed by atoms with van der Waals surface area (Å²) in [6.07, 6.45) is 0. The van der Waals surface area contributed by atoms with Gasteiger partial charge in [-0.2, -0.15) is 0 Å². The first kappa shape index (κ1) is 10.8. The molecule has 48 valence electrons. The van der Waals surface area contributed by atoms with E-state index in [1.54, 1.807) is 0 Å². The van der Waals surface area contributed by atoms with Crippen molar-refractivity contribution < 1.29 is 9.59 Å². The Kier molecular flexibility index (Phi) is 9.36. The molecule has 2 nitrogen and oxygen atoms in total. The van der Waals surface area contributed by atoms with Crippen LogP contribution >= 0.6 is 23.2 Å². The van der Waals surface area contributed by atoms with Crippen molar-refractivity contribution in [2.75, 3.05) is 0 Å². The van der Waals surface area contributed by atoms with Crippen molar-refractivity contribution in [1.82, 2.24) is 0 Å². The van der Waals surface area contributed by atoms with Crippen LogP contribution in [0.2, 0.25) is 0 Å². The van der Waals surface area contributed by atoms with E-state index in [0.717, 1.165) is 0 Å². The molecule has 4 heteroatoms. The van der Waals surface area contributed by atoms with Crippen LogP contribution in [0.15, 0.2) is 0 Å². The lowest BCUT2D eigenvalue weighted by Crippen LogP contribution is -1.62. The van der Waals surface area contributed by atoms with Gasteiger partial charge in [0.25, 0.3) is 0 Å². The summed E-state index contributed by atoms with van der Waals surface area (Å²) in [5.41, 5.74) is 0. The molecule has 0 unspecified atom stereocenters. The molecule has 0 rings (SSSR count). The van der Waals surface area contributed by atoms with Crippen LogP contribution in [0.5, 0.6) is 0 Å². The maximum absolute atomic E-state index is 9.21. The molecule has 0 fully saturated rings. The zero-order valence-corrected chi connectivity index (χ0v) is 6.08. The molecule has 0 aromatic rings. The summed E-state index contributed by atoms with van der Waals surface area (Å²) < 4.78 is 0. The van der Waals surface area contributed by atoms with Crippen LogP contribution in [-0.4, -0.2) is 10.5 Å². The molecule has 0 saturated heterocycles. The van der Waals surface area contributed by atoms with Gasteiger partial charge in [-0.05, 0) is 23.2 Å². The predicted octanol–water partition coefficient (Wildman–Crippen LogP) is 1.54. The summed E-state index contributed by atoms with van der Waals surface area (Å²) in [5.74, 6) is 0. The van der Waals surface area contributed by atoms with Crippen LogP contribution in [0.25, 0.3) is 0 Å². The first-order chi connectivity index (χ1) is 3.46. The fourth-order valence-electron chi connectivity index (χ4n) is 0. The molecule has 8 heavy (non-hydrogen) atoms. The number of carbonyl (C=O) groups excluding carboxylic acids is 2. The van der Waals surface area contributed by atoms with Crippen LogP contribution < -0.4 is 0 Å². The summed E-state index contributed by atoms with van der Waals surface area (Å²) in [6, 6.07) is 0. The van der Waals surface area contributed by atoms with Crippen molar-refractivity contribution in [1.29, 1.82) is 0 Å². The van der Waals surface area contributed by atoms with Crippen molar-refractivity contribution in [2.24, 2.45) is 0 Å². The molecule has 0 spiro atoms. The molecule has 0 aliphatic carbocycles. The number of carbonyl (C=O) groups is 2. The molecule has 0 amide bonds. The van der Waals surface area contributed by atoms with Gasteiger partial charge in [-0.3, -0.25) is 9.59 Å². The Bertz CT molecular complexity index is 70.0. The van der Waals surface area contributed by atoms with Gasteiger partial charge in [-0.1, -0.05) is 0 Å². The zero-order chi connectivity index (χ0) is 7.15. The first-order valence-electron chi connectivity index (χ1n) is 1.79. The van der Waals surface area contributed by atoms with E-state index in [-0.39, 0.29) is 10.5 Å². The maximum atomic E-state index is 9.21. The van der Waals surface area contributed by atoms with E-state index in [9.17, 15) is 9.59 Å². The largest absolute Gasteiger partial charge is 0.282 e. The van der Waals surface area contributed by atoms with Gasteiger partial charge >= 0.3 is 0 Å². The zero-order valence-electron chi connectivity index (χ0n) is 4.57. The number of rotatable bonds is 0. The minimum atomic E-state index is -0.361. The Labute approximate surface area is 57.8 Å². The lowest BCUT2D eigenvalue weighted by molar-refractivity contribution is -0.110. The first-order valence-corrected chi connectivity index (χ1v) is 2.54. The molecule has 0 aliphatic heterocycles. The minimum absolute atomic E-state index is 0.361. The van der Waals surface area contributed by atoms with Crippen LogP contribution in [0, 0.1) is 0 Å². The second-order valence-electron chi connectivity index (χ2n) is 0.941. The van der Waals surface area contributed by atoms with Crippen LogP contribution in [0.3, 0.4) is 0 Å². The Balaban J connectivity index is 0. The molecule has 0 saturated carbocycles. The molecular weight excluding hydrogens is 151 g/mol. The van der Waals surface area contributed by atoms with E-state index < -0.39 is 0 Å². The van der Waals surface area contributed by atoms with E-state index in [0.29, 0.717) is 0 Å². The van der Waals surface area contributed by atoms with Gasteiger partial charge in [0, 0.05) is 13.8 Å². The Morgan fingerprint density at radius 2 is 1.00 bits per heavy atom. The maximum Gasteiger partial charge on any atom is 0.218 e. The SMILES string of the molecule is CC(=O)Cl.CC(=O)Cl. The van der Waals surface area contributed by atoms with E-state index in [1.165, 1.54) is 13.8 Å². The lowest BCUT2D eigenvalue weighted by atomic mass is 10.9. The van der Waals surface area contributed by atoms with E-state index in [2.05, 4.69) is 23.2 Å². The molecule has 0 atom stereocenters. The summed E-state index contributed by atoms with van der Waals surface area (Å²) in [4.78, 5) is 18.4. The number of hydrogen-bond donors (Lipinski definition) is 0. The molecule has 0 radical (unpaired) electrons. The second kappa shape index (κ2) is 6.92. The Morgan fingerprint density at radius 3 is 1.00 bits per heavy atom. The summed E-state index contributed by atoms with van der Waals surface area (Å²) >= 11 is 9.27. The van der Waals surface area contributed by atoms with E-state index in [1.807, 2.05) is 0 Å². The van der Waals surface area contributed by atoms with Crippen molar-refractivity contribution in [3.8, 4) is 0 Å². The van der Waals surface area contributed by atoms with Crippen molar-refractivity contribution >= 4 is 33.7 Å². The molecule has 0 N–H and O–H groups in total. The summed E-state index contributed by atoms with van der Waals surface area (Å²) in [6.45, 7) is 2.59. The van der Waals surface area contributed by atoms with Crippen molar-refractivity contribution in [3.05, 3.63) is 0 Å². The Hall–Kier alpha value is -0.0800. The van der Waals surface area contributed by atoms with Crippen LogP contribution in [-0.2, 0) is 9.59 Å². The van der Waals surface area contributed by atoms with Crippen molar-refractivity contribution in [2.45, 2.75) is 13.8 Å². The smallest absolute Gasteiger partial charge is 0.218 e. The number of halogens is 2. The van der Waals surface area contributed by atoms with Gasteiger partial charge in [0.15, 0.2) is 0 Å². The van der Waals surface area contributed by atoms with E-state index >= 15 is 0 Å². The molecular formula is C4H6Cl2O2. The fraction of sp³-hybridized carbons (Fsp3) is 0.500. The number of hydrogen-bond acceptors (Lipinski definition) is 2. The van der Waals surface area contributed by atoms with E-state index in [4.69, 9.17) is 0 Å². The van der Waals surface area contributed by atoms with Gasteiger partial charge in [-0.15, -0.1) is 0 Å². The topological polar surface area (TPSA) is 34.1 Å². The van der Waals surface area contributed by atoms with Gasteiger partial charge in [0.2, 0.25) is 10.5 Å². The van der Waals surface area contributed by atoms with Crippen molar-refractivity contribution in [3.63, 3.8) is 0 Å². The minimum Gasteiger partial charge on any atom is -0.282 e. The average molecular weight is 157 g/mol. The molecule has 0 aliphatic rings. The standard InChI is InChI=1S/2C2H3ClO/c2*1-2(3)4/h2*1H3. The quantitative estimate of drug-likeness (QED) is 0.499. The highest BCUT2D eigenvalue weighted by molar-refractivity contribution is 6.63. The highest BCUT2D eigenvalue weighted by atomic mass is 35.5. The normalized spacial score (nSPS) is 6.50. The van der Waals surface area contributed by atoms with Gasteiger partial charge < -0.3 is 0 Å². The lowest BCUT2D eigenvalue weighted by Gasteiger charge is -1.52. The molecule has 0 aromatic carbocycles. The fourth-order valence-corrected chi connectivity index (χ4v) is 0. The third-order valence-electron chi connectivity index (χ3n) is 0. The van der Waals surface area contributed by atoms with Gasteiger partial charge in [-0.25, -0.2) is 0 Å². The predicted molar refractivity (Wildman–Crippen MR) is 33.1 cm³/mol. The molecule has 0 heterocycles. The second-order valence-corrected chi connectivity index (χ2v) is 2.01. The third kappa shape index (κ3) is 22400. The summed E-state index contributed by atoms with van der Waals surface area (Å²) in [5, 5.41) is -0.722. The monoisotopic (exact) mass is 156 g/mol. The third-order valence-corrected chi connectivity index (χ3v) is 0. The Morgan fingerprint density at radius 1 is 1.00 bits per heavy atom. The van der Waals surface area contributed by atoms with Gasteiger partial charge in [0.05, 0.1) is 0 Å². The highest BCUT2D eigenvalue weighted by Gasteiger charge is 1.67. The highest BCUT2D eigenvalue weighted by Crippen LogP contribution is 1.68. The average Bonchev–Trinajstić information content (AvgIpc) is 1.25. The van der Waals surface area contributed by atoms with Crippen LogP contribution in [0.4, 0.5) is 0 Å². The van der Waals surface area contributed by atoms with Crippen LogP contribution in [0.1, 0.15) is 13.8 Å².